The van der Waals surface area contributed by atoms with Crippen molar-refractivity contribution in [3.8, 4) is 0 Å². The van der Waals surface area contributed by atoms with E-state index in [-0.39, 0.29) is 0 Å². The molecule has 0 aromatic carbocycles. The topological polar surface area (TPSA) is 3.24 Å². The maximum Gasteiger partial charge on any atom is 0.0322 e. The molecule has 1 aliphatic heterocycles. The molecule has 0 unspecified atom stereocenters. The number of allylic oxidation sites excluding steroid dienone is 3. The second kappa shape index (κ2) is 4.15. The fourth-order valence-corrected chi connectivity index (χ4v) is 1.51. The van der Waals surface area contributed by atoms with Gasteiger partial charge in [-0.2, -0.15) is 0 Å². The lowest BCUT2D eigenvalue weighted by atomic mass is 10.2. The maximum atomic E-state index is 4.07. The Balaban J connectivity index is 2.56. The molecule has 1 nitrogen and oxygen atoms in total. The Morgan fingerprint density at radius 1 is 1.33 bits per heavy atom. The second-order valence-corrected chi connectivity index (χ2v) is 3.23. The summed E-state index contributed by atoms with van der Waals surface area (Å²) in [5.74, 6) is 0. The van der Waals surface area contributed by atoms with Crippen molar-refractivity contribution < 1.29 is 0 Å². The summed E-state index contributed by atoms with van der Waals surface area (Å²) in [7, 11) is 0. The van der Waals surface area contributed by atoms with Gasteiger partial charge in [0, 0.05) is 18.8 Å². The first-order valence-corrected chi connectivity index (χ1v) is 4.49. The van der Waals surface area contributed by atoms with Crippen molar-refractivity contribution >= 4 is 0 Å². The monoisotopic (exact) mass is 163 g/mol. The van der Waals surface area contributed by atoms with Gasteiger partial charge in [-0.05, 0) is 25.3 Å². The lowest BCUT2D eigenvalue weighted by Crippen LogP contribution is -2.18. The number of hydrogen-bond acceptors (Lipinski definition) is 1. The van der Waals surface area contributed by atoms with Crippen molar-refractivity contribution in [2.75, 3.05) is 13.1 Å². The van der Waals surface area contributed by atoms with E-state index < -0.39 is 0 Å². The van der Waals surface area contributed by atoms with Crippen LogP contribution >= 0.6 is 0 Å². The van der Waals surface area contributed by atoms with Crippen LogP contribution in [0.2, 0.25) is 0 Å². The van der Waals surface area contributed by atoms with E-state index in [0.717, 1.165) is 5.70 Å². The van der Waals surface area contributed by atoms with E-state index in [4.69, 9.17) is 0 Å². The smallest absolute Gasteiger partial charge is 0.0322 e. The highest BCUT2D eigenvalue weighted by Crippen LogP contribution is 2.18. The van der Waals surface area contributed by atoms with Crippen LogP contribution in [0.5, 0.6) is 0 Å². The van der Waals surface area contributed by atoms with E-state index in [0.29, 0.717) is 0 Å². The van der Waals surface area contributed by atoms with Crippen LogP contribution in [0.4, 0.5) is 0 Å². The van der Waals surface area contributed by atoms with E-state index >= 15 is 0 Å². The van der Waals surface area contributed by atoms with Crippen LogP contribution in [0.1, 0.15) is 19.8 Å². The summed E-state index contributed by atoms with van der Waals surface area (Å²) in [5, 5.41) is 0. The second-order valence-electron chi connectivity index (χ2n) is 3.23. The van der Waals surface area contributed by atoms with Crippen molar-refractivity contribution in [2.45, 2.75) is 19.8 Å². The molecule has 0 aliphatic carbocycles. The standard InChI is InChI=1S/C11H17N/c1-4-7-10(2)11(3)12-8-5-6-9-12/h4,7H,1,3,5-6,8-9H2,2H3/b10-7-. The lowest BCUT2D eigenvalue weighted by Gasteiger charge is -2.20. The summed E-state index contributed by atoms with van der Waals surface area (Å²) in [6.45, 7) is 12.2. The van der Waals surface area contributed by atoms with Crippen molar-refractivity contribution in [3.05, 3.63) is 36.6 Å². The first-order chi connectivity index (χ1) is 5.75. The molecule has 0 atom stereocenters. The molecule has 1 fully saturated rings. The highest BCUT2D eigenvalue weighted by atomic mass is 15.1. The Hall–Kier alpha value is -0.980. The molecule has 0 aromatic rings. The van der Waals surface area contributed by atoms with Gasteiger partial charge in [-0.15, -0.1) is 0 Å². The third-order valence-corrected chi connectivity index (χ3v) is 2.31. The minimum Gasteiger partial charge on any atom is -0.372 e. The molecule has 1 rings (SSSR count). The Bertz CT molecular complexity index is 207. The molecule has 1 heteroatoms. The molecule has 0 N–H and O–H groups in total. The summed E-state index contributed by atoms with van der Waals surface area (Å²) >= 11 is 0. The Morgan fingerprint density at radius 3 is 2.42 bits per heavy atom. The summed E-state index contributed by atoms with van der Waals surface area (Å²) in [5.41, 5.74) is 2.39. The zero-order chi connectivity index (χ0) is 8.97. The largest absolute Gasteiger partial charge is 0.372 e. The van der Waals surface area contributed by atoms with Crippen LogP contribution in [0.15, 0.2) is 36.6 Å². The van der Waals surface area contributed by atoms with E-state index in [1.54, 1.807) is 0 Å². The summed E-state index contributed by atoms with van der Waals surface area (Å²) < 4.78 is 0. The number of rotatable bonds is 3. The van der Waals surface area contributed by atoms with Crippen molar-refractivity contribution in [2.24, 2.45) is 0 Å². The zero-order valence-corrected chi connectivity index (χ0v) is 7.84. The summed E-state index contributed by atoms with van der Waals surface area (Å²) in [6.07, 6.45) is 6.44. The molecular weight excluding hydrogens is 146 g/mol. The van der Waals surface area contributed by atoms with E-state index in [1.807, 2.05) is 12.2 Å². The summed E-state index contributed by atoms with van der Waals surface area (Å²) in [4.78, 5) is 2.34. The molecule has 0 amide bonds. The number of likely N-dealkylation sites (tertiary alicyclic amines) is 1. The fourth-order valence-electron chi connectivity index (χ4n) is 1.51. The highest BCUT2D eigenvalue weighted by Gasteiger charge is 2.13. The van der Waals surface area contributed by atoms with Gasteiger partial charge < -0.3 is 4.90 Å². The molecule has 0 bridgehead atoms. The van der Waals surface area contributed by atoms with E-state index in [9.17, 15) is 0 Å². The van der Waals surface area contributed by atoms with Crippen LogP contribution in [0.25, 0.3) is 0 Å². The third kappa shape index (κ3) is 2.00. The first kappa shape index (κ1) is 9.11. The highest BCUT2D eigenvalue weighted by molar-refractivity contribution is 5.28. The molecule has 0 saturated carbocycles. The van der Waals surface area contributed by atoms with Crippen molar-refractivity contribution in [1.82, 2.24) is 4.90 Å². The molecule has 0 radical (unpaired) electrons. The maximum absolute atomic E-state index is 4.07. The SMILES string of the molecule is C=C/C=C(/C)C(=C)N1CCCC1. The van der Waals surface area contributed by atoms with E-state index in [1.165, 1.54) is 31.5 Å². The Kier molecular flexibility index (Phi) is 3.15. The van der Waals surface area contributed by atoms with Crippen LogP contribution in [0.3, 0.4) is 0 Å². The van der Waals surface area contributed by atoms with Gasteiger partial charge in [0.05, 0.1) is 0 Å². The number of hydrogen-bond donors (Lipinski definition) is 0. The third-order valence-electron chi connectivity index (χ3n) is 2.31. The quantitative estimate of drug-likeness (QED) is 0.578. The molecule has 1 aliphatic rings. The average Bonchev–Trinajstić information content (AvgIpc) is 2.55. The summed E-state index contributed by atoms with van der Waals surface area (Å²) in [6, 6.07) is 0. The minimum atomic E-state index is 1.16. The van der Waals surface area contributed by atoms with Gasteiger partial charge in [0.25, 0.3) is 0 Å². The van der Waals surface area contributed by atoms with Gasteiger partial charge in [-0.3, -0.25) is 0 Å². The van der Waals surface area contributed by atoms with Gasteiger partial charge in [0.2, 0.25) is 0 Å². The van der Waals surface area contributed by atoms with E-state index in [2.05, 4.69) is 25.0 Å². The molecule has 0 aromatic heterocycles. The predicted molar refractivity (Wildman–Crippen MR) is 53.9 cm³/mol. The van der Waals surface area contributed by atoms with Gasteiger partial charge in [-0.25, -0.2) is 0 Å². The van der Waals surface area contributed by atoms with Gasteiger partial charge in [0.15, 0.2) is 0 Å². The van der Waals surface area contributed by atoms with Crippen molar-refractivity contribution in [1.29, 1.82) is 0 Å². The normalized spacial score (nSPS) is 18.1. The molecule has 12 heavy (non-hydrogen) atoms. The minimum absolute atomic E-state index is 1.16. The zero-order valence-electron chi connectivity index (χ0n) is 7.84. The fraction of sp³-hybridized carbons (Fsp3) is 0.455. The van der Waals surface area contributed by atoms with Crippen molar-refractivity contribution in [3.63, 3.8) is 0 Å². The molecule has 1 saturated heterocycles. The van der Waals surface area contributed by atoms with Gasteiger partial charge in [-0.1, -0.05) is 25.3 Å². The molecule has 1 heterocycles. The van der Waals surface area contributed by atoms with Crippen LogP contribution in [-0.2, 0) is 0 Å². The van der Waals surface area contributed by atoms with Crippen LogP contribution in [-0.4, -0.2) is 18.0 Å². The first-order valence-electron chi connectivity index (χ1n) is 4.49. The lowest BCUT2D eigenvalue weighted by molar-refractivity contribution is 0.436. The predicted octanol–water partition coefficient (Wildman–Crippen LogP) is 2.73. The molecule has 0 spiro atoms. The number of nitrogens with zero attached hydrogens (tertiary/aromatic N) is 1. The van der Waals surface area contributed by atoms with Gasteiger partial charge in [0.1, 0.15) is 0 Å². The Labute approximate surface area is 75.1 Å². The van der Waals surface area contributed by atoms with Gasteiger partial charge >= 0.3 is 0 Å². The Morgan fingerprint density at radius 2 is 1.92 bits per heavy atom. The van der Waals surface area contributed by atoms with Crippen LogP contribution < -0.4 is 0 Å². The van der Waals surface area contributed by atoms with Crippen LogP contribution in [0, 0.1) is 0 Å². The molecule has 66 valence electrons. The average molecular weight is 163 g/mol. The molecular formula is C11H17N.